The fourth-order valence-corrected chi connectivity index (χ4v) is 3.00. The van der Waals surface area contributed by atoms with Crippen LogP contribution in [0.1, 0.15) is 40.9 Å². The number of benzene rings is 1. The highest BCUT2D eigenvalue weighted by molar-refractivity contribution is 5.91. The van der Waals surface area contributed by atoms with Crippen molar-refractivity contribution in [3.8, 4) is 6.07 Å². The molecule has 2 N–H and O–H groups in total. The second kappa shape index (κ2) is 6.67. The lowest BCUT2D eigenvalue weighted by atomic mass is 9.64. The van der Waals surface area contributed by atoms with Gasteiger partial charge in [-0.2, -0.15) is 5.26 Å². The van der Waals surface area contributed by atoms with Crippen LogP contribution in [0.5, 0.6) is 0 Å². The molecule has 3 rings (SSSR count). The summed E-state index contributed by atoms with van der Waals surface area (Å²) in [6, 6.07) is 13.4. The van der Waals surface area contributed by atoms with Crippen LogP contribution in [-0.4, -0.2) is 29.7 Å². The molecule has 2 aromatic rings. The van der Waals surface area contributed by atoms with Crippen molar-refractivity contribution in [1.82, 2.24) is 15.5 Å². The molecule has 24 heavy (non-hydrogen) atoms. The summed E-state index contributed by atoms with van der Waals surface area (Å²) in [6.07, 6.45) is 3.41. The van der Waals surface area contributed by atoms with Crippen LogP contribution in [0.2, 0.25) is 0 Å². The Morgan fingerprint density at radius 2 is 1.96 bits per heavy atom. The van der Waals surface area contributed by atoms with Gasteiger partial charge in [0.2, 0.25) is 0 Å². The molecule has 0 bridgehead atoms. The summed E-state index contributed by atoms with van der Waals surface area (Å²) in [5.74, 6) is 0.407. The molecule has 0 saturated heterocycles. The molecular formula is C18H19N5O. The molecule has 6 heteroatoms. The molecular weight excluding hydrogens is 302 g/mol. The maximum atomic E-state index is 11.5. The lowest BCUT2D eigenvalue weighted by Gasteiger charge is -2.42. The average Bonchev–Trinajstić information content (AvgIpc) is 2.61. The fourth-order valence-electron chi connectivity index (χ4n) is 3.00. The van der Waals surface area contributed by atoms with E-state index in [1.165, 1.54) is 12.0 Å². The van der Waals surface area contributed by atoms with Gasteiger partial charge in [-0.05, 0) is 42.7 Å². The Morgan fingerprint density at radius 3 is 2.46 bits per heavy atom. The third-order valence-corrected chi connectivity index (χ3v) is 4.67. The normalized spacial score (nSPS) is 15.0. The minimum atomic E-state index is -0.248. The van der Waals surface area contributed by atoms with E-state index in [-0.39, 0.29) is 11.3 Å². The number of carbonyl (C=O) groups excluding carboxylic acids is 1. The molecule has 0 aliphatic heterocycles. The molecule has 122 valence electrons. The zero-order chi connectivity index (χ0) is 17.0. The van der Waals surface area contributed by atoms with Crippen molar-refractivity contribution < 1.29 is 4.79 Å². The quantitative estimate of drug-likeness (QED) is 0.881. The third-order valence-electron chi connectivity index (χ3n) is 4.67. The SMILES string of the molecule is CNC(=O)c1ccc(NCC2(c3ccc(C#N)cc3)CCC2)nn1. The molecule has 0 unspecified atom stereocenters. The van der Waals surface area contributed by atoms with Crippen molar-refractivity contribution >= 4 is 11.7 Å². The largest absolute Gasteiger partial charge is 0.368 e. The van der Waals surface area contributed by atoms with Crippen LogP contribution >= 0.6 is 0 Å². The van der Waals surface area contributed by atoms with Crippen molar-refractivity contribution in [1.29, 1.82) is 5.26 Å². The number of aromatic nitrogens is 2. The van der Waals surface area contributed by atoms with Crippen LogP contribution in [0.25, 0.3) is 0 Å². The Kier molecular flexibility index (Phi) is 4.43. The van der Waals surface area contributed by atoms with Crippen LogP contribution in [0.15, 0.2) is 36.4 Å². The number of rotatable bonds is 5. The van der Waals surface area contributed by atoms with Crippen molar-refractivity contribution in [2.45, 2.75) is 24.7 Å². The van der Waals surface area contributed by atoms with Gasteiger partial charge in [0, 0.05) is 19.0 Å². The highest BCUT2D eigenvalue weighted by Crippen LogP contribution is 2.43. The summed E-state index contributed by atoms with van der Waals surface area (Å²) in [6.45, 7) is 0.757. The topological polar surface area (TPSA) is 90.7 Å². The van der Waals surface area contributed by atoms with E-state index in [0.717, 1.165) is 19.4 Å². The Labute approximate surface area is 140 Å². The molecule has 1 aliphatic rings. The Balaban J connectivity index is 1.69. The minimum Gasteiger partial charge on any atom is -0.368 e. The van der Waals surface area contributed by atoms with Crippen LogP contribution in [0.4, 0.5) is 5.82 Å². The zero-order valence-corrected chi connectivity index (χ0v) is 13.5. The highest BCUT2D eigenvalue weighted by Gasteiger charge is 2.38. The zero-order valence-electron chi connectivity index (χ0n) is 13.5. The number of hydrogen-bond acceptors (Lipinski definition) is 5. The number of nitrogens with one attached hydrogen (secondary N) is 2. The Hall–Kier alpha value is -2.94. The van der Waals surface area contributed by atoms with Gasteiger partial charge in [0.05, 0.1) is 11.6 Å². The second-order valence-electron chi connectivity index (χ2n) is 6.06. The lowest BCUT2D eigenvalue weighted by Crippen LogP contribution is -2.41. The van der Waals surface area contributed by atoms with Crippen LogP contribution in [0, 0.1) is 11.3 Å². The van der Waals surface area contributed by atoms with Gasteiger partial charge >= 0.3 is 0 Å². The monoisotopic (exact) mass is 321 g/mol. The van der Waals surface area contributed by atoms with E-state index >= 15 is 0 Å². The van der Waals surface area contributed by atoms with Crippen molar-refractivity contribution in [3.05, 3.63) is 53.2 Å². The standard InChI is InChI=1S/C18H19N5O/c1-20-17(24)15-7-8-16(23-22-15)21-12-18(9-2-10-18)14-5-3-13(11-19)4-6-14/h3-8H,2,9-10,12H2,1H3,(H,20,24)(H,21,23). The summed E-state index contributed by atoms with van der Waals surface area (Å²) in [5, 5.41) is 22.8. The number of hydrogen-bond donors (Lipinski definition) is 2. The van der Waals surface area contributed by atoms with Gasteiger partial charge in [-0.3, -0.25) is 4.79 Å². The first-order valence-corrected chi connectivity index (χ1v) is 7.97. The van der Waals surface area contributed by atoms with Crippen molar-refractivity contribution in [3.63, 3.8) is 0 Å². The second-order valence-corrected chi connectivity index (χ2v) is 6.06. The molecule has 1 heterocycles. The lowest BCUT2D eigenvalue weighted by molar-refractivity contribution is 0.0957. The van der Waals surface area contributed by atoms with E-state index < -0.39 is 0 Å². The highest BCUT2D eigenvalue weighted by atomic mass is 16.1. The summed E-state index contributed by atoms with van der Waals surface area (Å²) in [5.41, 5.74) is 2.30. The summed E-state index contributed by atoms with van der Waals surface area (Å²) in [4.78, 5) is 11.5. The smallest absolute Gasteiger partial charge is 0.271 e. The maximum Gasteiger partial charge on any atom is 0.271 e. The number of amides is 1. The van der Waals surface area contributed by atoms with E-state index in [1.54, 1.807) is 19.2 Å². The number of nitrogens with zero attached hydrogens (tertiary/aromatic N) is 3. The van der Waals surface area contributed by atoms with Crippen LogP contribution in [-0.2, 0) is 5.41 Å². The third kappa shape index (κ3) is 3.06. The van der Waals surface area contributed by atoms with E-state index in [9.17, 15) is 4.79 Å². The van der Waals surface area contributed by atoms with Crippen molar-refractivity contribution in [2.75, 3.05) is 18.9 Å². The Morgan fingerprint density at radius 1 is 1.21 bits per heavy atom. The Bertz CT molecular complexity index is 757. The minimum absolute atomic E-state index is 0.0785. The first-order chi connectivity index (χ1) is 11.7. The van der Waals surface area contributed by atoms with Crippen molar-refractivity contribution in [2.24, 2.45) is 0 Å². The number of anilines is 1. The van der Waals surface area contributed by atoms with E-state index in [0.29, 0.717) is 17.1 Å². The fraction of sp³-hybridized carbons (Fsp3) is 0.333. The molecule has 1 amide bonds. The first-order valence-electron chi connectivity index (χ1n) is 7.97. The van der Waals surface area contributed by atoms with Gasteiger partial charge in [0.15, 0.2) is 5.69 Å². The molecule has 1 aromatic heterocycles. The maximum absolute atomic E-state index is 11.5. The number of nitriles is 1. The van der Waals surface area contributed by atoms with Gasteiger partial charge in [-0.25, -0.2) is 0 Å². The van der Waals surface area contributed by atoms with Gasteiger partial charge in [0.1, 0.15) is 5.82 Å². The summed E-state index contributed by atoms with van der Waals surface area (Å²) < 4.78 is 0. The van der Waals surface area contributed by atoms with Gasteiger partial charge < -0.3 is 10.6 Å². The van der Waals surface area contributed by atoms with Gasteiger partial charge in [-0.15, -0.1) is 10.2 Å². The average molecular weight is 321 g/mol. The molecule has 1 saturated carbocycles. The first kappa shape index (κ1) is 15.9. The summed E-state index contributed by atoms with van der Waals surface area (Å²) >= 11 is 0. The van der Waals surface area contributed by atoms with Crippen LogP contribution < -0.4 is 10.6 Å². The van der Waals surface area contributed by atoms with Gasteiger partial charge in [0.25, 0.3) is 5.91 Å². The predicted octanol–water partition coefficient (Wildman–Crippen LogP) is 2.24. The molecule has 0 spiro atoms. The molecule has 6 nitrogen and oxygen atoms in total. The van der Waals surface area contributed by atoms with E-state index in [2.05, 4.69) is 26.9 Å². The predicted molar refractivity (Wildman–Crippen MR) is 90.6 cm³/mol. The summed E-state index contributed by atoms with van der Waals surface area (Å²) in [7, 11) is 1.56. The van der Waals surface area contributed by atoms with Gasteiger partial charge in [-0.1, -0.05) is 18.6 Å². The molecule has 0 radical (unpaired) electrons. The molecule has 1 aliphatic carbocycles. The molecule has 0 atom stereocenters. The molecule has 1 aromatic carbocycles. The van der Waals surface area contributed by atoms with E-state index in [1.807, 2.05) is 24.3 Å². The van der Waals surface area contributed by atoms with E-state index in [4.69, 9.17) is 5.26 Å². The molecule has 1 fully saturated rings. The number of carbonyl (C=O) groups is 1. The van der Waals surface area contributed by atoms with Crippen LogP contribution in [0.3, 0.4) is 0 Å².